The van der Waals surface area contributed by atoms with Gasteiger partial charge in [0.1, 0.15) is 16.9 Å². The maximum atomic E-state index is 13.8. The number of carbonyl (C=O) groups is 1. The number of alkyl halides is 3. The number of fused-ring (bicyclic) bond motifs is 2. The maximum Gasteiger partial charge on any atom is 0.433 e. The number of anilines is 2. The zero-order chi connectivity index (χ0) is 41.5. The minimum Gasteiger partial charge on any atom is -0.481 e. The van der Waals surface area contributed by atoms with Crippen molar-refractivity contribution in [2.75, 3.05) is 45.2 Å². The van der Waals surface area contributed by atoms with Gasteiger partial charge in [-0.25, -0.2) is 19.6 Å². The lowest BCUT2D eigenvalue weighted by atomic mass is 9.92. The van der Waals surface area contributed by atoms with Crippen molar-refractivity contribution in [1.82, 2.24) is 34.6 Å². The average Bonchev–Trinajstić information content (AvgIpc) is 3.87. The Labute approximate surface area is 340 Å². The van der Waals surface area contributed by atoms with E-state index in [9.17, 15) is 27.6 Å². The largest absolute Gasteiger partial charge is 0.481 e. The number of nitrogens with zero attached hydrogens (tertiary/aromatic N) is 5. The van der Waals surface area contributed by atoms with Crippen LogP contribution < -0.4 is 31.9 Å². The van der Waals surface area contributed by atoms with Gasteiger partial charge in [0.2, 0.25) is 5.88 Å². The fourth-order valence-electron chi connectivity index (χ4n) is 7.80. The number of hydrogen-bond donors (Lipinski definition) is 4. The third kappa shape index (κ3) is 7.73. The molecule has 0 bridgehead atoms. The van der Waals surface area contributed by atoms with E-state index in [1.165, 1.54) is 20.2 Å². The second kappa shape index (κ2) is 16.2. The van der Waals surface area contributed by atoms with Crippen molar-refractivity contribution in [2.24, 2.45) is 14.1 Å². The van der Waals surface area contributed by atoms with E-state index in [0.717, 1.165) is 72.0 Å². The molecule has 5 aromatic rings. The van der Waals surface area contributed by atoms with Gasteiger partial charge >= 0.3 is 17.9 Å². The molecule has 1 spiro atoms. The number of aliphatic hydroxyl groups excluding tert-OH is 1. The van der Waals surface area contributed by atoms with Crippen LogP contribution in [0.4, 0.5) is 29.5 Å². The van der Waals surface area contributed by atoms with Crippen LogP contribution in [0.1, 0.15) is 36.1 Å². The quantitative estimate of drug-likeness (QED) is 0.153. The fraction of sp³-hybridized carbons (Fsp3) is 0.375. The Morgan fingerprint density at radius 2 is 1.69 bits per heavy atom. The monoisotopic (exact) mass is 840 g/mol. The zero-order valence-corrected chi connectivity index (χ0v) is 33.4. The van der Waals surface area contributed by atoms with Crippen LogP contribution in [0.2, 0.25) is 10.0 Å². The first-order chi connectivity index (χ1) is 27.7. The summed E-state index contributed by atoms with van der Waals surface area (Å²) in [7, 11) is 4.10. The van der Waals surface area contributed by atoms with Gasteiger partial charge in [0.15, 0.2) is 0 Å². The highest BCUT2D eigenvalue weighted by Gasteiger charge is 2.40. The molecule has 3 aromatic heterocycles. The van der Waals surface area contributed by atoms with Crippen LogP contribution in [0, 0.1) is 0 Å². The van der Waals surface area contributed by atoms with E-state index >= 15 is 0 Å². The Hall–Kier alpha value is -5.16. The molecular formula is C40H41Cl2F3N8O5. The Morgan fingerprint density at radius 3 is 2.36 bits per heavy atom. The van der Waals surface area contributed by atoms with Crippen molar-refractivity contribution in [2.45, 2.75) is 43.8 Å². The highest BCUT2D eigenvalue weighted by Crippen LogP contribution is 2.43. The molecule has 0 saturated carbocycles. The van der Waals surface area contributed by atoms with Gasteiger partial charge in [-0.2, -0.15) is 13.2 Å². The lowest BCUT2D eigenvalue weighted by Crippen LogP contribution is -2.61. The van der Waals surface area contributed by atoms with Crippen LogP contribution >= 0.6 is 23.2 Å². The number of halogens is 5. The Balaban J connectivity index is 0.000000307. The van der Waals surface area contributed by atoms with E-state index in [0.29, 0.717) is 45.9 Å². The Kier molecular flexibility index (Phi) is 11.5. The summed E-state index contributed by atoms with van der Waals surface area (Å²) >= 11 is 13.8. The molecule has 8 rings (SSSR count). The van der Waals surface area contributed by atoms with Gasteiger partial charge in [-0.15, -0.1) is 0 Å². The molecule has 18 heteroatoms. The summed E-state index contributed by atoms with van der Waals surface area (Å²) in [5.74, 6) is 0.157. The molecule has 5 heterocycles. The molecule has 306 valence electrons. The van der Waals surface area contributed by atoms with Crippen molar-refractivity contribution in [1.29, 1.82) is 0 Å². The minimum atomic E-state index is -4.85. The van der Waals surface area contributed by atoms with Gasteiger partial charge in [0.05, 0.1) is 46.2 Å². The zero-order valence-electron chi connectivity index (χ0n) is 31.9. The number of benzene rings is 2. The standard InChI is InChI=1S/C31H24Cl2F3N5O3.C9H17N3O2/c1-40-22-14-23(31(34,35)36)39-27(24(22)29(42)41(2)30(40)43)37-20-12-6-10-18(26(20)33)17-9-5-11-19(25(17)32)21-13-15-7-4-8-16(15)28(38-21)44-3;13-6-5-12-4-2-9(11-8(12)14)1-3-10-7-9/h5-6,9-14H,4,7-8H2,1-3H3,(H,37,39);10,13H,1-7H2,(H,11,14). The first-order valence-electron chi connectivity index (χ1n) is 18.6. The molecule has 2 aliphatic heterocycles. The van der Waals surface area contributed by atoms with Crippen LogP contribution in [-0.4, -0.2) is 80.6 Å². The van der Waals surface area contributed by atoms with Crippen LogP contribution in [0.3, 0.4) is 0 Å². The average molecular weight is 842 g/mol. The van der Waals surface area contributed by atoms with Crippen molar-refractivity contribution in [3.63, 3.8) is 0 Å². The van der Waals surface area contributed by atoms with E-state index < -0.39 is 28.9 Å². The SMILES string of the molecule is COc1nc(-c2cccc(-c3cccc(Nc4nc(C(F)(F)F)cc5c4c(=O)n(C)c(=O)n5C)c3Cl)c2Cl)cc2c1CCC2.O=C1NC2(CCNC2)CCN1CCO. The van der Waals surface area contributed by atoms with Crippen molar-refractivity contribution >= 4 is 51.6 Å². The van der Waals surface area contributed by atoms with Crippen LogP contribution in [-0.2, 0) is 33.1 Å². The van der Waals surface area contributed by atoms with E-state index in [2.05, 4.69) is 20.9 Å². The van der Waals surface area contributed by atoms with Crippen molar-refractivity contribution in [3.8, 4) is 28.3 Å². The van der Waals surface area contributed by atoms with Gasteiger partial charge in [0.25, 0.3) is 5.56 Å². The van der Waals surface area contributed by atoms with Gasteiger partial charge in [-0.3, -0.25) is 13.9 Å². The first kappa shape index (κ1) is 41.0. The lowest BCUT2D eigenvalue weighted by Gasteiger charge is -2.39. The number of methoxy groups -OCH3 is 1. The van der Waals surface area contributed by atoms with E-state index in [1.807, 2.05) is 12.1 Å². The summed E-state index contributed by atoms with van der Waals surface area (Å²) in [5.41, 5.74) is 1.63. The van der Waals surface area contributed by atoms with Crippen molar-refractivity contribution in [3.05, 3.63) is 96.2 Å². The van der Waals surface area contributed by atoms with E-state index in [-0.39, 0.29) is 39.8 Å². The number of carbonyl (C=O) groups excluding carboxylic acids is 1. The highest BCUT2D eigenvalue weighted by molar-refractivity contribution is 6.39. The summed E-state index contributed by atoms with van der Waals surface area (Å²) in [6.45, 7) is 3.11. The van der Waals surface area contributed by atoms with E-state index in [4.69, 9.17) is 38.0 Å². The van der Waals surface area contributed by atoms with Gasteiger partial charge in [-0.1, -0.05) is 53.5 Å². The van der Waals surface area contributed by atoms with E-state index in [1.54, 1.807) is 36.3 Å². The normalized spacial score (nSPS) is 17.6. The second-order valence-corrected chi connectivity index (χ2v) is 15.3. The Bertz CT molecular complexity index is 2540. The molecule has 2 fully saturated rings. The molecule has 0 radical (unpaired) electrons. The second-order valence-electron chi connectivity index (χ2n) is 14.5. The molecule has 1 atom stereocenters. The molecule has 4 N–H and O–H groups in total. The smallest absolute Gasteiger partial charge is 0.433 e. The summed E-state index contributed by atoms with van der Waals surface area (Å²) in [5, 5.41) is 18.2. The molecule has 2 amide bonds. The number of pyridine rings is 2. The van der Waals surface area contributed by atoms with Crippen molar-refractivity contribution < 1.29 is 27.8 Å². The Morgan fingerprint density at radius 1 is 0.966 bits per heavy atom. The van der Waals surface area contributed by atoms with Gasteiger partial charge in [-0.05, 0) is 62.4 Å². The number of rotatable bonds is 7. The number of nitrogens with one attached hydrogen (secondary N) is 3. The molecule has 1 unspecified atom stereocenters. The topological polar surface area (TPSA) is 156 Å². The van der Waals surface area contributed by atoms with Crippen LogP contribution in [0.5, 0.6) is 5.88 Å². The number of aliphatic hydroxyl groups is 1. The van der Waals surface area contributed by atoms with Crippen LogP contribution in [0.25, 0.3) is 33.3 Å². The third-order valence-electron chi connectivity index (χ3n) is 10.9. The first-order valence-corrected chi connectivity index (χ1v) is 19.4. The summed E-state index contributed by atoms with van der Waals surface area (Å²) in [4.78, 5) is 47.3. The molecule has 13 nitrogen and oxygen atoms in total. The number of ether oxygens (including phenoxy) is 1. The third-order valence-corrected chi connectivity index (χ3v) is 11.8. The predicted molar refractivity (Wildman–Crippen MR) is 216 cm³/mol. The molecule has 3 aliphatic rings. The molecule has 58 heavy (non-hydrogen) atoms. The summed E-state index contributed by atoms with van der Waals surface area (Å²) in [6, 6.07) is 13.0. The number of hydrogen-bond acceptors (Lipinski definition) is 9. The number of amides is 2. The minimum absolute atomic E-state index is 0.0109. The number of β-amino-alcohol motifs (C(OH)–C–C–N with tert-alkyl or cyclic N) is 1. The molecule has 2 saturated heterocycles. The summed E-state index contributed by atoms with van der Waals surface area (Å²) in [6.07, 6.45) is -0.0353. The van der Waals surface area contributed by atoms with Gasteiger partial charge in [0, 0.05) is 56.0 Å². The highest BCUT2D eigenvalue weighted by atomic mass is 35.5. The fourth-order valence-corrected chi connectivity index (χ4v) is 8.40. The molecular weight excluding hydrogens is 800 g/mol. The number of aryl methyl sites for hydroxylation is 2. The predicted octanol–water partition coefficient (Wildman–Crippen LogP) is 6.05. The number of aromatic nitrogens is 4. The van der Waals surface area contributed by atoms with Gasteiger partial charge < -0.3 is 30.7 Å². The summed E-state index contributed by atoms with van der Waals surface area (Å²) < 4.78 is 48.8. The molecule has 2 aromatic carbocycles. The lowest BCUT2D eigenvalue weighted by molar-refractivity contribution is -0.141. The maximum absolute atomic E-state index is 13.8. The molecule has 1 aliphatic carbocycles. The number of urea groups is 1. The van der Waals surface area contributed by atoms with Crippen LogP contribution in [0.15, 0.2) is 58.1 Å².